The summed E-state index contributed by atoms with van der Waals surface area (Å²) in [5.41, 5.74) is 4.23. The smallest absolute Gasteiger partial charge is 0.252 e. The highest BCUT2D eigenvalue weighted by atomic mass is 79.9. The third kappa shape index (κ3) is 4.36. The van der Waals surface area contributed by atoms with Crippen molar-refractivity contribution in [3.05, 3.63) is 74.7 Å². The topological polar surface area (TPSA) is 61.4 Å². The van der Waals surface area contributed by atoms with Gasteiger partial charge in [0, 0.05) is 33.8 Å². The van der Waals surface area contributed by atoms with Gasteiger partial charge in [-0.2, -0.15) is 0 Å². The lowest BCUT2D eigenvalue weighted by Gasteiger charge is -2.23. The van der Waals surface area contributed by atoms with Gasteiger partial charge in [0.1, 0.15) is 0 Å². The number of aliphatic hydroxyl groups excluding tert-OH is 1. The highest BCUT2D eigenvalue weighted by Gasteiger charge is 2.23. The van der Waals surface area contributed by atoms with Crippen molar-refractivity contribution in [2.45, 2.75) is 0 Å². The molecule has 0 aromatic heterocycles. The number of nitrogens with one attached hydrogen (secondary N) is 2. The molecular weight excluding hydrogens is 416 g/mol. The quantitative estimate of drug-likeness (QED) is 0.665. The lowest BCUT2D eigenvalue weighted by molar-refractivity contribution is -0.115. The van der Waals surface area contributed by atoms with Crippen molar-refractivity contribution in [2.24, 2.45) is 0 Å². The fourth-order valence-corrected chi connectivity index (χ4v) is 3.26. The summed E-state index contributed by atoms with van der Waals surface area (Å²) in [7, 11) is 0. The third-order valence-corrected chi connectivity index (χ3v) is 4.76. The predicted molar refractivity (Wildman–Crippen MR) is 110 cm³/mol. The van der Waals surface area contributed by atoms with E-state index in [1.54, 1.807) is 0 Å². The molecule has 6 heteroatoms. The Morgan fingerprint density at radius 3 is 2.73 bits per heavy atom. The van der Waals surface area contributed by atoms with Crippen LogP contribution in [0.25, 0.3) is 11.6 Å². The number of hydrogen-bond donors (Lipinski definition) is 3. The summed E-state index contributed by atoms with van der Waals surface area (Å²) >= 11 is 9.38. The number of anilines is 1. The molecule has 0 spiro atoms. The molecule has 26 heavy (non-hydrogen) atoms. The van der Waals surface area contributed by atoms with E-state index in [1.807, 2.05) is 54.6 Å². The summed E-state index contributed by atoms with van der Waals surface area (Å²) in [4.78, 5) is 12.7. The van der Waals surface area contributed by atoms with Crippen molar-refractivity contribution in [1.82, 2.24) is 5.32 Å². The maximum Gasteiger partial charge on any atom is 0.252 e. The molecular formula is C20H18BrClN2O2. The molecule has 0 radical (unpaired) electrons. The first-order valence-electron chi connectivity index (χ1n) is 8.18. The largest absolute Gasteiger partial charge is 0.395 e. The second-order valence-electron chi connectivity index (χ2n) is 5.81. The molecule has 4 nitrogen and oxygen atoms in total. The first-order chi connectivity index (χ1) is 12.6. The molecule has 0 saturated carbocycles. The van der Waals surface area contributed by atoms with Gasteiger partial charge in [-0.05, 0) is 35.4 Å². The van der Waals surface area contributed by atoms with E-state index in [9.17, 15) is 4.79 Å². The molecule has 0 aliphatic carbocycles. The van der Waals surface area contributed by atoms with Crippen LogP contribution in [0.2, 0.25) is 5.02 Å². The number of halogens is 2. The number of fused-ring (bicyclic) bond motifs is 1. The van der Waals surface area contributed by atoms with Crippen molar-refractivity contribution in [3.8, 4) is 0 Å². The van der Waals surface area contributed by atoms with Gasteiger partial charge < -0.3 is 15.7 Å². The number of amides is 1. The van der Waals surface area contributed by atoms with Crippen molar-refractivity contribution in [1.29, 1.82) is 0 Å². The van der Waals surface area contributed by atoms with Crippen LogP contribution in [0.5, 0.6) is 0 Å². The summed E-state index contributed by atoms with van der Waals surface area (Å²) in [5, 5.41) is 15.8. The van der Waals surface area contributed by atoms with Crippen LogP contribution in [0.3, 0.4) is 0 Å². The number of aliphatic hydroxyl groups is 1. The van der Waals surface area contributed by atoms with Crippen LogP contribution < -0.4 is 10.6 Å². The molecule has 2 aromatic carbocycles. The normalized spacial score (nSPS) is 13.5. The van der Waals surface area contributed by atoms with Gasteiger partial charge >= 0.3 is 0 Å². The lowest BCUT2D eigenvalue weighted by atomic mass is 9.93. The van der Waals surface area contributed by atoms with Gasteiger partial charge in [0.25, 0.3) is 5.91 Å². The van der Waals surface area contributed by atoms with Crippen molar-refractivity contribution in [3.63, 3.8) is 0 Å². The minimum Gasteiger partial charge on any atom is -0.395 e. The van der Waals surface area contributed by atoms with E-state index < -0.39 is 0 Å². The van der Waals surface area contributed by atoms with Crippen molar-refractivity contribution >= 4 is 50.8 Å². The van der Waals surface area contributed by atoms with Gasteiger partial charge in [-0.15, -0.1) is 0 Å². The van der Waals surface area contributed by atoms with Gasteiger partial charge in [-0.25, -0.2) is 0 Å². The summed E-state index contributed by atoms with van der Waals surface area (Å²) < 4.78 is 0.944. The number of rotatable bonds is 5. The van der Waals surface area contributed by atoms with Gasteiger partial charge in [-0.3, -0.25) is 4.79 Å². The molecule has 2 aromatic rings. The van der Waals surface area contributed by atoms with E-state index in [0.29, 0.717) is 17.1 Å². The van der Waals surface area contributed by atoms with Crippen molar-refractivity contribution < 1.29 is 9.90 Å². The Bertz CT molecular complexity index is 876. The maximum atomic E-state index is 12.7. The first kappa shape index (κ1) is 18.7. The van der Waals surface area contributed by atoms with Gasteiger partial charge in [0.2, 0.25) is 0 Å². The monoisotopic (exact) mass is 432 g/mol. The molecule has 1 aliphatic rings. The molecule has 0 fully saturated rings. The summed E-state index contributed by atoms with van der Waals surface area (Å²) in [6, 6.07) is 13.3. The summed E-state index contributed by atoms with van der Waals surface area (Å²) in [5.74, 6) is -0.195. The Morgan fingerprint density at radius 2 is 2.00 bits per heavy atom. The number of benzene rings is 2. The van der Waals surface area contributed by atoms with Crippen LogP contribution >= 0.6 is 27.5 Å². The molecule has 0 bridgehead atoms. The number of carbonyl (C=O) groups is 1. The second-order valence-corrected chi connectivity index (χ2v) is 7.16. The molecule has 0 saturated heterocycles. The highest BCUT2D eigenvalue weighted by molar-refractivity contribution is 9.10. The molecule has 3 rings (SSSR count). The molecule has 0 atom stereocenters. The zero-order chi connectivity index (χ0) is 18.5. The van der Waals surface area contributed by atoms with Crippen LogP contribution in [-0.4, -0.2) is 30.7 Å². The average molecular weight is 434 g/mol. The maximum absolute atomic E-state index is 12.7. The molecule has 3 N–H and O–H groups in total. The predicted octanol–water partition coefficient (Wildman–Crippen LogP) is 4.10. The first-order valence-corrected chi connectivity index (χ1v) is 9.35. The van der Waals surface area contributed by atoms with Crippen LogP contribution in [0.4, 0.5) is 5.69 Å². The highest BCUT2D eigenvalue weighted by Crippen LogP contribution is 2.34. The van der Waals surface area contributed by atoms with Crippen molar-refractivity contribution in [2.75, 3.05) is 25.0 Å². The zero-order valence-electron chi connectivity index (χ0n) is 13.9. The Morgan fingerprint density at radius 1 is 1.23 bits per heavy atom. The molecule has 1 heterocycles. The van der Waals surface area contributed by atoms with E-state index in [4.69, 9.17) is 16.7 Å². The summed E-state index contributed by atoms with van der Waals surface area (Å²) in [6.07, 6.45) is 3.89. The van der Waals surface area contributed by atoms with E-state index in [-0.39, 0.29) is 19.1 Å². The van der Waals surface area contributed by atoms with E-state index in [1.165, 1.54) is 0 Å². The Kier molecular flexibility index (Phi) is 6.14. The van der Waals surface area contributed by atoms with Crippen LogP contribution in [0.15, 0.2) is 58.6 Å². The van der Waals surface area contributed by atoms with E-state index in [2.05, 4.69) is 26.6 Å². The minimum absolute atomic E-state index is 0.0968. The molecule has 1 aliphatic heterocycles. The fraction of sp³-hybridized carbons (Fsp3) is 0.150. The van der Waals surface area contributed by atoms with E-state index in [0.717, 1.165) is 26.9 Å². The average Bonchev–Trinajstić information content (AvgIpc) is 2.65. The summed E-state index contributed by atoms with van der Waals surface area (Å²) in [6.45, 7) is 0.658. The second kappa shape index (κ2) is 8.54. The number of carbonyl (C=O) groups excluding carboxylic acids is 1. The van der Waals surface area contributed by atoms with Crippen LogP contribution in [-0.2, 0) is 4.79 Å². The van der Waals surface area contributed by atoms with Crippen LogP contribution in [0.1, 0.15) is 11.1 Å². The Balaban J connectivity index is 2.00. The molecule has 0 unspecified atom stereocenters. The lowest BCUT2D eigenvalue weighted by Crippen LogP contribution is -2.30. The van der Waals surface area contributed by atoms with Crippen LogP contribution in [0, 0.1) is 0 Å². The molecule has 134 valence electrons. The third-order valence-electron chi connectivity index (χ3n) is 4.01. The van der Waals surface area contributed by atoms with Gasteiger partial charge in [0.15, 0.2) is 0 Å². The standard InChI is InChI=1S/C20H18BrClN2O2/c21-15-5-8-17-18(11-15)24-12-14(19(17)20(26)23-9-10-25)4-1-13-2-6-16(22)7-3-13/h1-8,11,24-25H,9-10,12H2,(H,23,26)/b4-1+. The van der Waals surface area contributed by atoms with E-state index >= 15 is 0 Å². The zero-order valence-corrected chi connectivity index (χ0v) is 16.3. The van der Waals surface area contributed by atoms with Gasteiger partial charge in [-0.1, -0.05) is 57.9 Å². The minimum atomic E-state index is -0.195. The fourth-order valence-electron chi connectivity index (χ4n) is 2.77. The molecule has 1 amide bonds. The van der Waals surface area contributed by atoms with Gasteiger partial charge in [0.05, 0.1) is 12.2 Å². The Hall–Kier alpha value is -2.08. The number of hydrogen-bond acceptors (Lipinski definition) is 3. The Labute approximate surface area is 165 Å². The SMILES string of the molecule is O=C(NCCO)C1=C(/C=C/c2ccc(Cl)cc2)CNc2cc(Br)ccc21.